The second kappa shape index (κ2) is 6.00. The smallest absolute Gasteiger partial charge is 0.260 e. The molecule has 0 aliphatic heterocycles. The Morgan fingerprint density at radius 1 is 1.40 bits per heavy atom. The number of hydrogen-bond donors (Lipinski definition) is 1. The Hall–Kier alpha value is -1.95. The Balaban J connectivity index is 2.32. The van der Waals surface area contributed by atoms with E-state index in [9.17, 15) is 4.39 Å². The van der Waals surface area contributed by atoms with E-state index < -0.39 is 5.82 Å². The van der Waals surface area contributed by atoms with Gasteiger partial charge < -0.3 is 15.0 Å². The molecule has 0 saturated carbocycles. The summed E-state index contributed by atoms with van der Waals surface area (Å²) in [5, 5.41) is 3.94. The lowest BCUT2D eigenvalue weighted by atomic mass is 10.1. The van der Waals surface area contributed by atoms with Gasteiger partial charge in [-0.15, -0.1) is 0 Å². The van der Waals surface area contributed by atoms with Gasteiger partial charge in [-0.1, -0.05) is 19.0 Å². The maximum Gasteiger partial charge on any atom is 0.260 e. The number of nitrogen functional groups attached to an aromatic ring is 1. The molecule has 6 heteroatoms. The van der Waals surface area contributed by atoms with Crippen molar-refractivity contribution in [3.63, 3.8) is 0 Å². The number of hydrogen-bond acceptors (Lipinski definition) is 5. The lowest BCUT2D eigenvalue weighted by molar-refractivity contribution is 0.0217. The summed E-state index contributed by atoms with van der Waals surface area (Å²) in [6, 6.07) is 4.05. The number of ether oxygens (including phenoxy) is 1. The summed E-state index contributed by atoms with van der Waals surface area (Å²) >= 11 is 0. The largest absolute Gasteiger partial charge is 0.398 e. The van der Waals surface area contributed by atoms with E-state index in [4.69, 9.17) is 15.0 Å². The minimum atomic E-state index is -0.402. The van der Waals surface area contributed by atoms with E-state index in [1.807, 2.05) is 20.8 Å². The lowest BCUT2D eigenvalue weighted by Gasteiger charge is -2.16. The number of anilines is 1. The predicted molar refractivity (Wildman–Crippen MR) is 73.3 cm³/mol. The quantitative estimate of drug-likeness (QED) is 0.851. The first kappa shape index (κ1) is 14.5. The van der Waals surface area contributed by atoms with Gasteiger partial charge >= 0.3 is 0 Å². The van der Waals surface area contributed by atoms with Crippen molar-refractivity contribution in [2.24, 2.45) is 5.92 Å². The van der Waals surface area contributed by atoms with Crippen molar-refractivity contribution in [2.45, 2.75) is 26.9 Å². The highest BCUT2D eigenvalue weighted by Crippen LogP contribution is 2.29. The van der Waals surface area contributed by atoms with Crippen LogP contribution in [-0.2, 0) is 4.74 Å². The third kappa shape index (κ3) is 2.96. The van der Waals surface area contributed by atoms with Crippen LogP contribution < -0.4 is 5.73 Å². The van der Waals surface area contributed by atoms with Gasteiger partial charge in [-0.2, -0.15) is 4.98 Å². The lowest BCUT2D eigenvalue weighted by Crippen LogP contribution is -2.12. The molecule has 20 heavy (non-hydrogen) atoms. The first-order valence-electron chi connectivity index (χ1n) is 6.53. The van der Waals surface area contributed by atoms with Gasteiger partial charge in [-0.25, -0.2) is 4.39 Å². The molecule has 0 aliphatic carbocycles. The standard InChI is InChI=1S/C14H18FN3O2/c1-4-19-12(8(2)3)13-17-14(20-18-13)10-6-5-9(15)7-11(10)16/h5-8,12H,4,16H2,1-3H3. The van der Waals surface area contributed by atoms with E-state index in [0.717, 1.165) is 0 Å². The van der Waals surface area contributed by atoms with Crippen LogP contribution in [0.4, 0.5) is 10.1 Å². The minimum absolute atomic E-state index is 0.214. The van der Waals surface area contributed by atoms with E-state index in [0.29, 0.717) is 18.0 Å². The number of aromatic nitrogens is 2. The molecule has 5 nitrogen and oxygen atoms in total. The van der Waals surface area contributed by atoms with Crippen molar-refractivity contribution in [1.82, 2.24) is 10.1 Å². The van der Waals surface area contributed by atoms with Crippen molar-refractivity contribution in [3.8, 4) is 11.5 Å². The van der Waals surface area contributed by atoms with E-state index in [-0.39, 0.29) is 23.6 Å². The summed E-state index contributed by atoms with van der Waals surface area (Å²) in [4.78, 5) is 4.31. The molecule has 2 rings (SSSR count). The SMILES string of the molecule is CCOC(c1noc(-c2ccc(F)cc2N)n1)C(C)C. The van der Waals surface area contributed by atoms with Gasteiger partial charge in [0, 0.05) is 12.3 Å². The molecule has 1 aromatic heterocycles. The Labute approximate surface area is 116 Å². The second-order valence-electron chi connectivity index (χ2n) is 4.81. The molecule has 0 saturated heterocycles. The summed E-state index contributed by atoms with van der Waals surface area (Å²) in [5.74, 6) is 0.551. The average Bonchev–Trinajstić information content (AvgIpc) is 2.84. The topological polar surface area (TPSA) is 74.2 Å². The fourth-order valence-corrected chi connectivity index (χ4v) is 1.93. The van der Waals surface area contributed by atoms with Crippen LogP contribution in [0.5, 0.6) is 0 Å². The Bertz CT molecular complexity index is 584. The Morgan fingerprint density at radius 3 is 2.75 bits per heavy atom. The van der Waals surface area contributed by atoms with Crippen molar-refractivity contribution in [3.05, 3.63) is 29.8 Å². The van der Waals surface area contributed by atoms with Crippen LogP contribution >= 0.6 is 0 Å². The molecule has 0 radical (unpaired) electrons. The normalized spacial score (nSPS) is 12.8. The van der Waals surface area contributed by atoms with Gasteiger partial charge in [0.15, 0.2) is 0 Å². The van der Waals surface area contributed by atoms with Gasteiger partial charge in [-0.05, 0) is 31.0 Å². The molecule has 2 N–H and O–H groups in total. The molecule has 0 spiro atoms. The first-order valence-corrected chi connectivity index (χ1v) is 6.53. The van der Waals surface area contributed by atoms with Crippen LogP contribution in [0.25, 0.3) is 11.5 Å². The maximum absolute atomic E-state index is 13.0. The molecule has 2 aromatic rings. The van der Waals surface area contributed by atoms with Gasteiger partial charge in [0.2, 0.25) is 5.82 Å². The highest BCUT2D eigenvalue weighted by molar-refractivity contribution is 5.70. The molecule has 1 unspecified atom stereocenters. The van der Waals surface area contributed by atoms with E-state index >= 15 is 0 Å². The second-order valence-corrected chi connectivity index (χ2v) is 4.81. The number of nitrogens with two attached hydrogens (primary N) is 1. The van der Waals surface area contributed by atoms with Crippen molar-refractivity contribution in [1.29, 1.82) is 0 Å². The molecule has 108 valence electrons. The molecule has 1 heterocycles. The zero-order valence-corrected chi connectivity index (χ0v) is 11.8. The van der Waals surface area contributed by atoms with Crippen LogP contribution in [0.3, 0.4) is 0 Å². The highest BCUT2D eigenvalue weighted by atomic mass is 19.1. The van der Waals surface area contributed by atoms with E-state index in [1.165, 1.54) is 18.2 Å². The predicted octanol–water partition coefficient (Wildman–Crippen LogP) is 3.19. The summed E-state index contributed by atoms with van der Waals surface area (Å²) < 4.78 is 23.9. The molecule has 1 atom stereocenters. The third-order valence-electron chi connectivity index (χ3n) is 2.89. The first-order chi connectivity index (χ1) is 9.52. The monoisotopic (exact) mass is 279 g/mol. The van der Waals surface area contributed by atoms with Crippen LogP contribution in [0.1, 0.15) is 32.7 Å². The van der Waals surface area contributed by atoms with Crippen LogP contribution in [0, 0.1) is 11.7 Å². The van der Waals surface area contributed by atoms with Crippen molar-refractivity contribution in [2.75, 3.05) is 12.3 Å². The van der Waals surface area contributed by atoms with Crippen LogP contribution in [0.2, 0.25) is 0 Å². The molecule has 0 amide bonds. The zero-order chi connectivity index (χ0) is 14.7. The number of benzene rings is 1. The summed E-state index contributed by atoms with van der Waals surface area (Å²) in [5.41, 5.74) is 6.54. The number of rotatable bonds is 5. The van der Waals surface area contributed by atoms with Crippen molar-refractivity contribution >= 4 is 5.69 Å². The van der Waals surface area contributed by atoms with E-state index in [2.05, 4.69) is 10.1 Å². The number of halogens is 1. The summed E-state index contributed by atoms with van der Waals surface area (Å²) in [6.45, 7) is 6.50. The summed E-state index contributed by atoms with van der Waals surface area (Å²) in [7, 11) is 0. The average molecular weight is 279 g/mol. The molecular weight excluding hydrogens is 261 g/mol. The van der Waals surface area contributed by atoms with Gasteiger partial charge in [-0.3, -0.25) is 0 Å². The van der Waals surface area contributed by atoms with Gasteiger partial charge in [0.1, 0.15) is 11.9 Å². The zero-order valence-electron chi connectivity index (χ0n) is 11.8. The maximum atomic E-state index is 13.0. The number of nitrogens with zero attached hydrogens (tertiary/aromatic N) is 2. The fraction of sp³-hybridized carbons (Fsp3) is 0.429. The summed E-state index contributed by atoms with van der Waals surface area (Å²) in [6.07, 6.45) is -0.237. The Morgan fingerprint density at radius 2 is 2.15 bits per heavy atom. The molecular formula is C14H18FN3O2. The highest BCUT2D eigenvalue weighted by Gasteiger charge is 2.23. The van der Waals surface area contributed by atoms with Crippen molar-refractivity contribution < 1.29 is 13.7 Å². The molecule has 0 aliphatic rings. The van der Waals surface area contributed by atoms with Crippen LogP contribution in [-0.4, -0.2) is 16.7 Å². The fourth-order valence-electron chi connectivity index (χ4n) is 1.93. The van der Waals surface area contributed by atoms with Crippen LogP contribution in [0.15, 0.2) is 22.7 Å². The Kier molecular flexibility index (Phi) is 4.34. The molecule has 0 bridgehead atoms. The molecule has 1 aromatic carbocycles. The van der Waals surface area contributed by atoms with E-state index in [1.54, 1.807) is 0 Å². The van der Waals surface area contributed by atoms with Gasteiger partial charge in [0.25, 0.3) is 5.89 Å². The van der Waals surface area contributed by atoms with Gasteiger partial charge in [0.05, 0.1) is 5.56 Å². The minimum Gasteiger partial charge on any atom is -0.398 e. The molecule has 0 fully saturated rings. The third-order valence-corrected chi connectivity index (χ3v) is 2.89.